The molecule has 0 radical (unpaired) electrons. The molecule has 1 heterocycles. The number of piperidine rings is 1. The molecule has 2 fully saturated rings. The standard InChI is InChI=1S/C11H19N3/c1-13-10(7-12)4-5-14-8-9-2-3-11(14)6-9/h9-11,13H,2-6,8H2,1H3. The van der Waals surface area contributed by atoms with Crippen molar-refractivity contribution in [3.63, 3.8) is 0 Å². The van der Waals surface area contributed by atoms with E-state index in [-0.39, 0.29) is 6.04 Å². The number of nitrogens with zero attached hydrogens (tertiary/aromatic N) is 2. The quantitative estimate of drug-likeness (QED) is 0.723. The largest absolute Gasteiger partial charge is 0.305 e. The van der Waals surface area contributed by atoms with Gasteiger partial charge in [0.15, 0.2) is 0 Å². The number of hydrogen-bond acceptors (Lipinski definition) is 3. The lowest BCUT2D eigenvalue weighted by Gasteiger charge is -2.27. The number of hydrogen-bond donors (Lipinski definition) is 1. The molecule has 0 spiro atoms. The Morgan fingerprint density at radius 2 is 2.43 bits per heavy atom. The zero-order chi connectivity index (χ0) is 9.97. The van der Waals surface area contributed by atoms with Crippen LogP contribution in [-0.4, -0.2) is 37.1 Å². The smallest absolute Gasteiger partial charge is 0.0962 e. The molecule has 3 unspecified atom stereocenters. The number of nitriles is 1. The highest BCUT2D eigenvalue weighted by Crippen LogP contribution is 2.37. The zero-order valence-electron chi connectivity index (χ0n) is 8.87. The van der Waals surface area contributed by atoms with E-state index < -0.39 is 0 Å². The van der Waals surface area contributed by atoms with Crippen LogP contribution in [0.15, 0.2) is 0 Å². The summed E-state index contributed by atoms with van der Waals surface area (Å²) in [6.07, 6.45) is 5.21. The lowest BCUT2D eigenvalue weighted by Crippen LogP contribution is -2.36. The van der Waals surface area contributed by atoms with Crippen molar-refractivity contribution < 1.29 is 0 Å². The van der Waals surface area contributed by atoms with Crippen molar-refractivity contribution in [1.29, 1.82) is 5.26 Å². The lowest BCUT2D eigenvalue weighted by molar-refractivity contribution is 0.207. The van der Waals surface area contributed by atoms with Gasteiger partial charge in [-0.2, -0.15) is 5.26 Å². The maximum atomic E-state index is 8.80. The topological polar surface area (TPSA) is 39.1 Å². The van der Waals surface area contributed by atoms with Crippen molar-refractivity contribution in [1.82, 2.24) is 10.2 Å². The summed E-state index contributed by atoms with van der Waals surface area (Å²) in [5.41, 5.74) is 0. The van der Waals surface area contributed by atoms with Gasteiger partial charge >= 0.3 is 0 Å². The summed E-state index contributed by atoms with van der Waals surface area (Å²) in [5, 5.41) is 11.8. The Morgan fingerprint density at radius 1 is 1.57 bits per heavy atom. The Morgan fingerprint density at radius 3 is 2.93 bits per heavy atom. The van der Waals surface area contributed by atoms with E-state index in [0.717, 1.165) is 24.9 Å². The first-order valence-electron chi connectivity index (χ1n) is 5.64. The molecule has 3 nitrogen and oxygen atoms in total. The van der Waals surface area contributed by atoms with Gasteiger partial charge < -0.3 is 10.2 Å². The van der Waals surface area contributed by atoms with E-state index in [4.69, 9.17) is 5.26 Å². The third kappa shape index (κ3) is 1.92. The molecule has 1 N–H and O–H groups in total. The van der Waals surface area contributed by atoms with Gasteiger partial charge in [0.05, 0.1) is 12.1 Å². The molecule has 0 aromatic heterocycles. The first-order chi connectivity index (χ1) is 6.83. The van der Waals surface area contributed by atoms with Crippen LogP contribution in [0.5, 0.6) is 0 Å². The van der Waals surface area contributed by atoms with Crippen LogP contribution < -0.4 is 5.32 Å². The maximum Gasteiger partial charge on any atom is 0.0962 e. The van der Waals surface area contributed by atoms with Gasteiger partial charge in [-0.05, 0) is 38.6 Å². The molecule has 1 saturated heterocycles. The van der Waals surface area contributed by atoms with E-state index in [9.17, 15) is 0 Å². The minimum Gasteiger partial charge on any atom is -0.305 e. The third-order valence-electron chi connectivity index (χ3n) is 3.73. The van der Waals surface area contributed by atoms with E-state index in [1.807, 2.05) is 7.05 Å². The van der Waals surface area contributed by atoms with Gasteiger partial charge in [-0.3, -0.25) is 0 Å². The lowest BCUT2D eigenvalue weighted by atomic mass is 10.1. The van der Waals surface area contributed by atoms with Crippen LogP contribution in [0.3, 0.4) is 0 Å². The average Bonchev–Trinajstić information content (AvgIpc) is 2.80. The van der Waals surface area contributed by atoms with Crippen molar-refractivity contribution in [2.75, 3.05) is 20.1 Å². The molecule has 1 aliphatic carbocycles. The Hall–Kier alpha value is -0.590. The predicted molar refractivity (Wildman–Crippen MR) is 55.8 cm³/mol. The first kappa shape index (κ1) is 9.95. The molecule has 78 valence electrons. The number of fused-ring (bicyclic) bond motifs is 2. The summed E-state index contributed by atoms with van der Waals surface area (Å²) in [6, 6.07) is 3.16. The second kappa shape index (κ2) is 4.29. The number of rotatable bonds is 4. The first-order valence-corrected chi connectivity index (χ1v) is 5.64. The Bertz CT molecular complexity index is 233. The van der Waals surface area contributed by atoms with Gasteiger partial charge in [0.25, 0.3) is 0 Å². The Labute approximate surface area is 86.1 Å². The fourth-order valence-electron chi connectivity index (χ4n) is 2.87. The van der Waals surface area contributed by atoms with Gasteiger partial charge in [-0.1, -0.05) is 0 Å². The second-order valence-electron chi connectivity index (χ2n) is 4.59. The van der Waals surface area contributed by atoms with Crippen molar-refractivity contribution in [2.24, 2.45) is 5.92 Å². The third-order valence-corrected chi connectivity index (χ3v) is 3.73. The van der Waals surface area contributed by atoms with E-state index in [0.29, 0.717) is 0 Å². The number of likely N-dealkylation sites (tertiary alicyclic amines) is 1. The van der Waals surface area contributed by atoms with Gasteiger partial charge in [-0.25, -0.2) is 0 Å². The van der Waals surface area contributed by atoms with Crippen molar-refractivity contribution in [3.05, 3.63) is 0 Å². The van der Waals surface area contributed by atoms with E-state index in [1.54, 1.807) is 0 Å². The molecule has 3 atom stereocenters. The molecular weight excluding hydrogens is 174 g/mol. The number of nitrogens with one attached hydrogen (secondary N) is 1. The SMILES string of the molecule is CNC(C#N)CCN1CC2CCC1C2. The summed E-state index contributed by atoms with van der Waals surface area (Å²) in [7, 11) is 1.87. The van der Waals surface area contributed by atoms with E-state index in [2.05, 4.69) is 16.3 Å². The molecule has 2 bridgehead atoms. The van der Waals surface area contributed by atoms with Crippen molar-refractivity contribution in [3.8, 4) is 6.07 Å². The van der Waals surface area contributed by atoms with E-state index >= 15 is 0 Å². The predicted octanol–water partition coefficient (Wildman–Crippen LogP) is 0.972. The van der Waals surface area contributed by atoms with E-state index in [1.165, 1.54) is 25.8 Å². The second-order valence-corrected chi connectivity index (χ2v) is 4.59. The molecule has 0 aromatic rings. The molecule has 1 aliphatic heterocycles. The average molecular weight is 193 g/mol. The molecule has 2 rings (SSSR count). The zero-order valence-corrected chi connectivity index (χ0v) is 8.87. The highest BCUT2D eigenvalue weighted by molar-refractivity contribution is 4.94. The van der Waals surface area contributed by atoms with Crippen LogP contribution in [0.2, 0.25) is 0 Å². The minimum absolute atomic E-state index is 0.0362. The summed E-state index contributed by atoms with van der Waals surface area (Å²) >= 11 is 0. The van der Waals surface area contributed by atoms with Crippen molar-refractivity contribution in [2.45, 2.75) is 37.8 Å². The monoisotopic (exact) mass is 193 g/mol. The van der Waals surface area contributed by atoms with Gasteiger partial charge in [0, 0.05) is 19.1 Å². The van der Waals surface area contributed by atoms with Crippen LogP contribution in [0, 0.1) is 17.2 Å². The molecule has 0 amide bonds. The Kier molecular flexibility index (Phi) is 3.05. The van der Waals surface area contributed by atoms with Crippen LogP contribution in [0.25, 0.3) is 0 Å². The van der Waals surface area contributed by atoms with Crippen LogP contribution in [0.1, 0.15) is 25.7 Å². The highest BCUT2D eigenvalue weighted by Gasteiger charge is 2.37. The summed E-state index contributed by atoms with van der Waals surface area (Å²) in [4.78, 5) is 2.58. The fourth-order valence-corrected chi connectivity index (χ4v) is 2.87. The van der Waals surface area contributed by atoms with Crippen molar-refractivity contribution >= 4 is 0 Å². The molecule has 1 saturated carbocycles. The van der Waals surface area contributed by atoms with Gasteiger partial charge in [0.2, 0.25) is 0 Å². The molecule has 2 aliphatic rings. The Balaban J connectivity index is 1.74. The van der Waals surface area contributed by atoms with Crippen LogP contribution in [0.4, 0.5) is 0 Å². The summed E-state index contributed by atoms with van der Waals surface area (Å²) in [5.74, 6) is 0.968. The summed E-state index contributed by atoms with van der Waals surface area (Å²) < 4.78 is 0. The van der Waals surface area contributed by atoms with Crippen LogP contribution in [-0.2, 0) is 0 Å². The molecule has 0 aromatic carbocycles. The highest BCUT2D eigenvalue weighted by atomic mass is 15.2. The van der Waals surface area contributed by atoms with Gasteiger partial charge in [-0.15, -0.1) is 0 Å². The van der Waals surface area contributed by atoms with Gasteiger partial charge in [0.1, 0.15) is 0 Å². The van der Waals surface area contributed by atoms with Crippen LogP contribution >= 0.6 is 0 Å². The minimum atomic E-state index is 0.0362. The summed E-state index contributed by atoms with van der Waals surface area (Å²) in [6.45, 7) is 2.38. The maximum absolute atomic E-state index is 8.80. The fraction of sp³-hybridized carbons (Fsp3) is 0.909. The molecular formula is C11H19N3. The normalized spacial score (nSPS) is 33.1. The molecule has 14 heavy (non-hydrogen) atoms. The molecule has 3 heteroatoms.